The fourth-order valence-electron chi connectivity index (χ4n) is 1.50. The van der Waals surface area contributed by atoms with Gasteiger partial charge < -0.3 is 15.5 Å². The highest BCUT2D eigenvalue weighted by molar-refractivity contribution is 7.12. The molecule has 0 aliphatic rings. The minimum atomic E-state index is -0.168. The maximum atomic E-state index is 12.4. The van der Waals surface area contributed by atoms with E-state index in [1.807, 2.05) is 12.3 Å². The van der Waals surface area contributed by atoms with Crippen LogP contribution in [-0.2, 0) is 4.79 Å². The zero-order valence-electron chi connectivity index (χ0n) is 12.0. The quantitative estimate of drug-likeness (QED) is 0.827. The predicted octanol–water partition coefficient (Wildman–Crippen LogP) is 0.609. The molecule has 0 spiro atoms. The standard InChI is InChI=1S/C14H19N3O2S/c1-4-17(10-12(18)16(2)3)14(19)13-11(6-5-8-15)7-9-20-13/h7,9H,4,8,10,15H2,1-3H3. The Bertz CT molecular complexity index is 540. The van der Waals surface area contributed by atoms with Crippen molar-refractivity contribution in [3.8, 4) is 11.8 Å². The van der Waals surface area contributed by atoms with Crippen molar-refractivity contribution >= 4 is 23.2 Å². The predicted molar refractivity (Wildman–Crippen MR) is 80.5 cm³/mol. The van der Waals surface area contributed by atoms with Gasteiger partial charge in [-0.05, 0) is 18.4 Å². The van der Waals surface area contributed by atoms with Crippen LogP contribution >= 0.6 is 11.3 Å². The second-order valence-electron chi connectivity index (χ2n) is 4.28. The maximum absolute atomic E-state index is 12.4. The first kappa shape index (κ1) is 16.2. The third-order valence-corrected chi connectivity index (χ3v) is 3.58. The van der Waals surface area contributed by atoms with Crippen LogP contribution in [0.1, 0.15) is 22.2 Å². The van der Waals surface area contributed by atoms with Crippen LogP contribution in [0, 0.1) is 11.8 Å². The molecule has 0 aliphatic carbocycles. The smallest absolute Gasteiger partial charge is 0.265 e. The average molecular weight is 293 g/mol. The molecule has 0 bridgehead atoms. The van der Waals surface area contributed by atoms with E-state index in [-0.39, 0.29) is 24.9 Å². The number of thiophene rings is 1. The molecule has 5 nitrogen and oxygen atoms in total. The molecule has 0 saturated heterocycles. The summed E-state index contributed by atoms with van der Waals surface area (Å²) in [6, 6.07) is 1.79. The summed E-state index contributed by atoms with van der Waals surface area (Å²) in [7, 11) is 3.34. The Labute approximate surface area is 123 Å². The lowest BCUT2D eigenvalue weighted by atomic mass is 10.2. The molecule has 20 heavy (non-hydrogen) atoms. The van der Waals surface area contributed by atoms with Crippen LogP contribution < -0.4 is 5.73 Å². The van der Waals surface area contributed by atoms with Crippen LogP contribution in [-0.4, -0.2) is 55.3 Å². The van der Waals surface area contributed by atoms with Crippen molar-refractivity contribution in [1.29, 1.82) is 0 Å². The van der Waals surface area contributed by atoms with Crippen LogP contribution in [0.2, 0.25) is 0 Å². The minimum absolute atomic E-state index is 0.0734. The molecule has 0 atom stereocenters. The highest BCUT2D eigenvalue weighted by Crippen LogP contribution is 2.18. The van der Waals surface area contributed by atoms with Gasteiger partial charge in [0.25, 0.3) is 5.91 Å². The molecule has 0 aliphatic heterocycles. The second-order valence-corrected chi connectivity index (χ2v) is 5.19. The Morgan fingerprint density at radius 1 is 1.40 bits per heavy atom. The van der Waals surface area contributed by atoms with E-state index in [1.54, 1.807) is 20.2 Å². The molecule has 1 aromatic rings. The summed E-state index contributed by atoms with van der Waals surface area (Å²) >= 11 is 1.33. The highest BCUT2D eigenvalue weighted by Gasteiger charge is 2.21. The third kappa shape index (κ3) is 4.08. The number of hydrogen-bond donors (Lipinski definition) is 1. The first-order valence-corrected chi connectivity index (χ1v) is 7.15. The summed E-state index contributed by atoms with van der Waals surface area (Å²) in [5.74, 6) is 5.35. The van der Waals surface area contributed by atoms with Crippen molar-refractivity contribution < 1.29 is 9.59 Å². The lowest BCUT2D eigenvalue weighted by Crippen LogP contribution is -2.40. The summed E-state index contributed by atoms with van der Waals surface area (Å²) in [5.41, 5.74) is 6.01. The van der Waals surface area contributed by atoms with Crippen molar-refractivity contribution in [2.75, 3.05) is 33.7 Å². The topological polar surface area (TPSA) is 66.6 Å². The van der Waals surface area contributed by atoms with E-state index in [1.165, 1.54) is 21.1 Å². The number of rotatable bonds is 4. The Kier molecular flexibility index (Phi) is 6.22. The van der Waals surface area contributed by atoms with Gasteiger partial charge in [0.05, 0.1) is 6.54 Å². The van der Waals surface area contributed by atoms with Crippen molar-refractivity contribution in [3.63, 3.8) is 0 Å². The first-order valence-electron chi connectivity index (χ1n) is 6.27. The lowest BCUT2D eigenvalue weighted by Gasteiger charge is -2.21. The van der Waals surface area contributed by atoms with Crippen LogP contribution in [0.15, 0.2) is 11.4 Å². The number of nitrogens with two attached hydrogens (primary N) is 1. The molecule has 0 unspecified atom stereocenters. The van der Waals surface area contributed by atoms with Gasteiger partial charge in [-0.25, -0.2) is 0 Å². The summed E-state index contributed by atoms with van der Waals surface area (Å²) in [4.78, 5) is 27.7. The zero-order valence-corrected chi connectivity index (χ0v) is 12.8. The van der Waals surface area contributed by atoms with Crippen molar-refractivity contribution in [1.82, 2.24) is 9.80 Å². The molecule has 108 valence electrons. The van der Waals surface area contributed by atoms with Gasteiger partial charge in [0, 0.05) is 26.2 Å². The Hall–Kier alpha value is -1.84. The molecule has 2 amide bonds. The number of carbonyl (C=O) groups is 2. The summed E-state index contributed by atoms with van der Waals surface area (Å²) in [6.45, 7) is 2.64. The number of amides is 2. The van der Waals surface area contributed by atoms with Crippen LogP contribution in [0.5, 0.6) is 0 Å². The fraction of sp³-hybridized carbons (Fsp3) is 0.429. The van der Waals surface area contributed by atoms with Gasteiger partial charge in [-0.2, -0.15) is 0 Å². The number of likely N-dealkylation sites (N-methyl/N-ethyl adjacent to an activating group) is 2. The highest BCUT2D eigenvalue weighted by atomic mass is 32.1. The van der Waals surface area contributed by atoms with Crippen LogP contribution in [0.4, 0.5) is 0 Å². The van der Waals surface area contributed by atoms with Crippen molar-refractivity contribution in [3.05, 3.63) is 21.9 Å². The SMILES string of the molecule is CCN(CC(=O)N(C)C)C(=O)c1sccc1C#CCN. The normalized spacial score (nSPS) is 9.60. The van der Waals surface area contributed by atoms with E-state index in [0.717, 1.165) is 0 Å². The monoisotopic (exact) mass is 293 g/mol. The molecule has 0 radical (unpaired) electrons. The fourth-order valence-corrected chi connectivity index (χ4v) is 2.31. The zero-order chi connectivity index (χ0) is 15.1. The van der Waals surface area contributed by atoms with E-state index in [4.69, 9.17) is 5.73 Å². The molecule has 1 rings (SSSR count). The Morgan fingerprint density at radius 2 is 2.10 bits per heavy atom. The molecule has 2 N–H and O–H groups in total. The van der Waals surface area contributed by atoms with Gasteiger partial charge in [-0.15, -0.1) is 11.3 Å². The van der Waals surface area contributed by atoms with Crippen molar-refractivity contribution in [2.45, 2.75) is 6.92 Å². The van der Waals surface area contributed by atoms with E-state index < -0.39 is 0 Å². The maximum Gasteiger partial charge on any atom is 0.265 e. The van der Waals surface area contributed by atoms with Gasteiger partial charge in [0.15, 0.2) is 0 Å². The molecule has 6 heteroatoms. The molecule has 0 fully saturated rings. The van der Waals surface area contributed by atoms with Gasteiger partial charge in [-0.3, -0.25) is 9.59 Å². The summed E-state index contributed by atoms with van der Waals surface area (Å²) < 4.78 is 0. The largest absolute Gasteiger partial charge is 0.347 e. The second kappa shape index (κ2) is 7.68. The molecular weight excluding hydrogens is 274 g/mol. The average Bonchev–Trinajstić information content (AvgIpc) is 2.89. The van der Waals surface area contributed by atoms with E-state index in [0.29, 0.717) is 17.0 Å². The third-order valence-electron chi connectivity index (χ3n) is 2.68. The van der Waals surface area contributed by atoms with E-state index >= 15 is 0 Å². The van der Waals surface area contributed by atoms with Gasteiger partial charge >= 0.3 is 0 Å². The molecule has 0 aromatic carbocycles. The number of hydrogen-bond acceptors (Lipinski definition) is 4. The van der Waals surface area contributed by atoms with Crippen molar-refractivity contribution in [2.24, 2.45) is 5.73 Å². The van der Waals surface area contributed by atoms with Crippen LogP contribution in [0.3, 0.4) is 0 Å². The van der Waals surface area contributed by atoms with E-state index in [9.17, 15) is 9.59 Å². The summed E-state index contributed by atoms with van der Waals surface area (Å²) in [6.07, 6.45) is 0. The Balaban J connectivity index is 2.92. The van der Waals surface area contributed by atoms with E-state index in [2.05, 4.69) is 11.8 Å². The molecule has 1 heterocycles. The molecule has 1 aromatic heterocycles. The van der Waals surface area contributed by atoms with Gasteiger partial charge in [0.1, 0.15) is 11.4 Å². The van der Waals surface area contributed by atoms with Crippen LogP contribution in [0.25, 0.3) is 0 Å². The minimum Gasteiger partial charge on any atom is -0.347 e. The van der Waals surface area contributed by atoms with Gasteiger partial charge in [0.2, 0.25) is 5.91 Å². The van der Waals surface area contributed by atoms with Gasteiger partial charge in [-0.1, -0.05) is 11.8 Å². The lowest BCUT2D eigenvalue weighted by molar-refractivity contribution is -0.129. The molecular formula is C14H19N3O2S. The molecule has 0 saturated carbocycles. The number of nitrogens with zero attached hydrogens (tertiary/aromatic N) is 2. The summed E-state index contributed by atoms with van der Waals surface area (Å²) in [5, 5.41) is 1.81. The Morgan fingerprint density at radius 3 is 2.65 bits per heavy atom. The number of carbonyl (C=O) groups excluding carboxylic acids is 2. The first-order chi connectivity index (χ1) is 9.51.